The van der Waals surface area contributed by atoms with Crippen LogP contribution in [0.1, 0.15) is 36.7 Å². The average Bonchev–Trinajstić information content (AvgIpc) is 3.04. The Kier molecular flexibility index (Phi) is 3.89. The number of benzene rings is 1. The van der Waals surface area contributed by atoms with Crippen LogP contribution in [-0.4, -0.2) is 26.2 Å². The van der Waals surface area contributed by atoms with Crippen molar-refractivity contribution >= 4 is 5.97 Å². The number of pyridine rings is 1. The summed E-state index contributed by atoms with van der Waals surface area (Å²) in [4.78, 5) is 20.1. The van der Waals surface area contributed by atoms with Crippen LogP contribution in [0.4, 0.5) is 0 Å². The molecule has 6 heteroatoms. The van der Waals surface area contributed by atoms with Gasteiger partial charge in [-0.1, -0.05) is 32.0 Å². The molecule has 0 atom stereocenters. The van der Waals surface area contributed by atoms with Crippen molar-refractivity contribution in [1.29, 1.82) is 0 Å². The van der Waals surface area contributed by atoms with Gasteiger partial charge in [0.25, 0.3) is 5.89 Å². The lowest BCUT2D eigenvalue weighted by atomic mass is 9.80. The van der Waals surface area contributed by atoms with Crippen LogP contribution in [0.25, 0.3) is 22.8 Å². The molecule has 24 heavy (non-hydrogen) atoms. The van der Waals surface area contributed by atoms with Crippen molar-refractivity contribution in [2.75, 3.05) is 0 Å². The van der Waals surface area contributed by atoms with Crippen LogP contribution in [0.2, 0.25) is 0 Å². The predicted molar refractivity (Wildman–Crippen MR) is 88.6 cm³/mol. The minimum absolute atomic E-state index is 0.237. The van der Waals surface area contributed by atoms with Crippen LogP contribution in [-0.2, 0) is 5.41 Å². The van der Waals surface area contributed by atoms with E-state index in [2.05, 4.69) is 15.1 Å². The number of aromatic carboxylic acids is 1. The minimum atomic E-state index is -0.978. The third kappa shape index (κ3) is 2.90. The van der Waals surface area contributed by atoms with Crippen LogP contribution in [0.15, 0.2) is 47.2 Å². The molecule has 1 aromatic carbocycles. The van der Waals surface area contributed by atoms with Crippen molar-refractivity contribution in [1.82, 2.24) is 15.1 Å². The Bertz CT molecular complexity index is 880. The SMILES string of the molecule is CC(C)(C)c1c(C(=O)O)cccc1-c1nc(-c2cccnc2)no1. The van der Waals surface area contributed by atoms with Gasteiger partial charge in [-0.15, -0.1) is 0 Å². The summed E-state index contributed by atoms with van der Waals surface area (Å²) in [6.45, 7) is 5.87. The van der Waals surface area contributed by atoms with Gasteiger partial charge in [-0.25, -0.2) is 4.79 Å². The van der Waals surface area contributed by atoms with Crippen LogP contribution in [0, 0.1) is 0 Å². The second kappa shape index (κ2) is 5.88. The lowest BCUT2D eigenvalue weighted by Crippen LogP contribution is -2.18. The summed E-state index contributed by atoms with van der Waals surface area (Å²) in [6, 6.07) is 8.69. The highest BCUT2D eigenvalue weighted by Gasteiger charge is 2.27. The Morgan fingerprint density at radius 3 is 2.58 bits per heavy atom. The highest BCUT2D eigenvalue weighted by molar-refractivity contribution is 5.92. The number of carboxylic acid groups (broad SMARTS) is 1. The van der Waals surface area contributed by atoms with Gasteiger partial charge in [0.2, 0.25) is 5.82 Å². The summed E-state index contributed by atoms with van der Waals surface area (Å²) >= 11 is 0. The molecular formula is C18H17N3O3. The molecule has 0 saturated heterocycles. The van der Waals surface area contributed by atoms with Crippen molar-refractivity contribution in [2.45, 2.75) is 26.2 Å². The van der Waals surface area contributed by atoms with Gasteiger partial charge in [-0.3, -0.25) is 4.98 Å². The van der Waals surface area contributed by atoms with E-state index in [0.29, 0.717) is 22.8 Å². The molecule has 0 bridgehead atoms. The number of hydrogen-bond donors (Lipinski definition) is 1. The van der Waals surface area contributed by atoms with Crippen LogP contribution < -0.4 is 0 Å². The third-order valence-corrected chi connectivity index (χ3v) is 3.62. The summed E-state index contributed by atoms with van der Waals surface area (Å²) in [5, 5.41) is 13.5. The minimum Gasteiger partial charge on any atom is -0.478 e. The quantitative estimate of drug-likeness (QED) is 0.788. The lowest BCUT2D eigenvalue weighted by Gasteiger charge is -2.23. The van der Waals surface area contributed by atoms with E-state index in [1.54, 1.807) is 36.7 Å². The lowest BCUT2D eigenvalue weighted by molar-refractivity contribution is 0.0694. The third-order valence-electron chi connectivity index (χ3n) is 3.62. The molecule has 0 aliphatic rings. The zero-order valence-corrected chi connectivity index (χ0v) is 13.6. The molecular weight excluding hydrogens is 306 g/mol. The van der Waals surface area contributed by atoms with E-state index in [0.717, 1.165) is 5.56 Å². The first-order valence-corrected chi connectivity index (χ1v) is 7.49. The van der Waals surface area contributed by atoms with E-state index < -0.39 is 11.4 Å². The number of carbonyl (C=O) groups is 1. The number of hydrogen-bond acceptors (Lipinski definition) is 5. The van der Waals surface area contributed by atoms with Gasteiger partial charge in [0.05, 0.1) is 5.56 Å². The first-order valence-electron chi connectivity index (χ1n) is 7.49. The Labute approximate surface area is 139 Å². The van der Waals surface area contributed by atoms with Crippen molar-refractivity contribution in [3.8, 4) is 22.8 Å². The maximum Gasteiger partial charge on any atom is 0.336 e. The Hall–Kier alpha value is -3.02. The molecule has 3 rings (SSSR count). The van der Waals surface area contributed by atoms with Crippen molar-refractivity contribution in [3.05, 3.63) is 53.9 Å². The second-order valence-corrected chi connectivity index (χ2v) is 6.45. The van der Waals surface area contributed by atoms with Crippen molar-refractivity contribution in [2.24, 2.45) is 0 Å². The molecule has 122 valence electrons. The van der Waals surface area contributed by atoms with E-state index in [1.165, 1.54) is 0 Å². The molecule has 1 N–H and O–H groups in total. The Morgan fingerprint density at radius 2 is 1.96 bits per heavy atom. The standard InChI is InChI=1S/C18H17N3O3/c1-18(2,3)14-12(7-4-8-13(14)17(22)23)16-20-15(21-24-16)11-6-5-9-19-10-11/h4-10H,1-3H3,(H,22,23). The predicted octanol–water partition coefficient (Wildman–Crippen LogP) is 3.79. The first kappa shape index (κ1) is 15.9. The normalized spacial score (nSPS) is 11.5. The van der Waals surface area contributed by atoms with Gasteiger partial charge in [0, 0.05) is 23.5 Å². The van der Waals surface area contributed by atoms with Crippen LogP contribution >= 0.6 is 0 Å². The van der Waals surface area contributed by atoms with Crippen LogP contribution in [0.3, 0.4) is 0 Å². The second-order valence-electron chi connectivity index (χ2n) is 6.45. The fourth-order valence-corrected chi connectivity index (χ4v) is 2.66. The fourth-order valence-electron chi connectivity index (χ4n) is 2.66. The molecule has 0 unspecified atom stereocenters. The number of aromatic nitrogens is 3. The van der Waals surface area contributed by atoms with Gasteiger partial charge in [0.15, 0.2) is 0 Å². The molecule has 0 aliphatic carbocycles. The smallest absolute Gasteiger partial charge is 0.336 e. The summed E-state index contributed by atoms with van der Waals surface area (Å²) in [5.41, 5.74) is 1.87. The summed E-state index contributed by atoms with van der Waals surface area (Å²) < 4.78 is 5.39. The average molecular weight is 323 g/mol. The zero-order valence-electron chi connectivity index (χ0n) is 13.6. The fraction of sp³-hybridized carbons (Fsp3) is 0.222. The van der Waals surface area contributed by atoms with E-state index in [-0.39, 0.29) is 5.56 Å². The van der Waals surface area contributed by atoms with E-state index in [1.807, 2.05) is 26.8 Å². The number of rotatable bonds is 3. The molecule has 3 aromatic rings. The topological polar surface area (TPSA) is 89.1 Å². The number of nitrogens with zero attached hydrogens (tertiary/aromatic N) is 3. The first-order chi connectivity index (χ1) is 11.4. The van der Waals surface area contributed by atoms with E-state index in [9.17, 15) is 9.90 Å². The van der Waals surface area contributed by atoms with Crippen LogP contribution in [0.5, 0.6) is 0 Å². The molecule has 2 heterocycles. The molecule has 0 spiro atoms. The van der Waals surface area contributed by atoms with Gasteiger partial charge >= 0.3 is 5.97 Å². The monoisotopic (exact) mass is 323 g/mol. The van der Waals surface area contributed by atoms with Gasteiger partial charge in [-0.2, -0.15) is 4.98 Å². The van der Waals surface area contributed by atoms with Gasteiger partial charge in [-0.05, 0) is 35.2 Å². The van der Waals surface area contributed by atoms with Gasteiger partial charge in [0.1, 0.15) is 0 Å². The molecule has 2 aromatic heterocycles. The maximum absolute atomic E-state index is 11.6. The van der Waals surface area contributed by atoms with Crippen molar-refractivity contribution < 1.29 is 14.4 Å². The summed E-state index contributed by atoms with van der Waals surface area (Å²) in [7, 11) is 0. The van der Waals surface area contributed by atoms with Gasteiger partial charge < -0.3 is 9.63 Å². The molecule has 0 radical (unpaired) electrons. The van der Waals surface area contributed by atoms with Crippen molar-refractivity contribution in [3.63, 3.8) is 0 Å². The molecule has 6 nitrogen and oxygen atoms in total. The maximum atomic E-state index is 11.6. The Morgan fingerprint density at radius 1 is 1.17 bits per heavy atom. The summed E-state index contributed by atoms with van der Waals surface area (Å²) in [6.07, 6.45) is 3.31. The summed E-state index contributed by atoms with van der Waals surface area (Å²) in [5.74, 6) is -0.269. The zero-order chi connectivity index (χ0) is 17.3. The molecule has 0 fully saturated rings. The van der Waals surface area contributed by atoms with E-state index in [4.69, 9.17) is 4.52 Å². The highest BCUT2D eigenvalue weighted by Crippen LogP contribution is 2.35. The number of carboxylic acids is 1. The molecule has 0 aliphatic heterocycles. The molecule has 0 saturated carbocycles. The molecule has 0 amide bonds. The largest absolute Gasteiger partial charge is 0.478 e. The van der Waals surface area contributed by atoms with E-state index >= 15 is 0 Å². The highest BCUT2D eigenvalue weighted by atomic mass is 16.5. The Balaban J connectivity index is 2.16.